The third kappa shape index (κ3) is 17.9. The van der Waals surface area contributed by atoms with Crippen LogP contribution in [0.5, 0.6) is 0 Å². The molecule has 1 unspecified atom stereocenters. The number of carboxylic acid groups (broad SMARTS) is 2. The van der Waals surface area contributed by atoms with E-state index in [1.54, 1.807) is 0 Å². The smallest absolute Gasteiger partial charge is 0.322 e. The van der Waals surface area contributed by atoms with Gasteiger partial charge in [0.15, 0.2) is 0 Å². The summed E-state index contributed by atoms with van der Waals surface area (Å²) in [5.74, 6) is -2.46. The van der Waals surface area contributed by atoms with Crippen molar-refractivity contribution in [3.63, 3.8) is 0 Å². The van der Waals surface area contributed by atoms with Gasteiger partial charge in [-0.15, -0.1) is 0 Å². The highest BCUT2D eigenvalue weighted by Gasteiger charge is 2.24. The number of carbonyl (C=O) groups is 4. The number of rotatable bonds is 17. The fraction of sp³-hybridized carbons (Fsp3) is 0.810. The quantitative estimate of drug-likeness (QED) is 0.222. The van der Waals surface area contributed by atoms with Crippen LogP contribution in [0.25, 0.3) is 0 Å². The molecule has 1 atom stereocenters. The van der Waals surface area contributed by atoms with Crippen molar-refractivity contribution in [3.05, 3.63) is 0 Å². The second-order valence-electron chi connectivity index (χ2n) is 8.58. The van der Waals surface area contributed by atoms with Gasteiger partial charge in [0.1, 0.15) is 12.6 Å². The number of carbonyl (C=O) groups excluding carboxylic acids is 2. The zero-order valence-electron chi connectivity index (χ0n) is 18.6. The molecule has 2 amide bonds. The van der Waals surface area contributed by atoms with E-state index in [9.17, 15) is 19.2 Å². The predicted octanol–water partition coefficient (Wildman–Crippen LogP) is 2.05. The number of hydrogen-bond acceptors (Lipinski definition) is 5. The van der Waals surface area contributed by atoms with Crippen molar-refractivity contribution in [2.24, 2.45) is 0 Å². The maximum Gasteiger partial charge on any atom is 0.322 e. The molecule has 0 aliphatic carbocycles. The standard InChI is InChI=1S/C21H39N3O6/c1-21(2,3)24-16(20(30)23-15-19(28)29)14-22-17(25)12-10-8-6-4-5-7-9-11-13-18(26)27/h16,24H,4-15H2,1-3H3,(H,22,25)(H,23,30)(H,26,27)(H,28,29). The van der Waals surface area contributed by atoms with Gasteiger partial charge in [-0.3, -0.25) is 24.5 Å². The molecule has 0 aliphatic heterocycles. The van der Waals surface area contributed by atoms with Gasteiger partial charge < -0.3 is 20.8 Å². The Morgan fingerprint density at radius 2 is 1.23 bits per heavy atom. The Morgan fingerprint density at radius 1 is 0.733 bits per heavy atom. The predicted molar refractivity (Wildman–Crippen MR) is 114 cm³/mol. The summed E-state index contributed by atoms with van der Waals surface area (Å²) in [7, 11) is 0. The lowest BCUT2D eigenvalue weighted by molar-refractivity contribution is -0.138. The van der Waals surface area contributed by atoms with Crippen LogP contribution in [0.15, 0.2) is 0 Å². The zero-order valence-corrected chi connectivity index (χ0v) is 18.6. The number of hydrogen-bond donors (Lipinski definition) is 5. The molecule has 0 spiro atoms. The molecule has 9 heteroatoms. The Morgan fingerprint density at radius 3 is 1.70 bits per heavy atom. The largest absolute Gasteiger partial charge is 0.481 e. The molecule has 0 saturated carbocycles. The van der Waals surface area contributed by atoms with Crippen LogP contribution in [-0.2, 0) is 19.2 Å². The minimum absolute atomic E-state index is 0.0951. The van der Waals surface area contributed by atoms with Gasteiger partial charge in [-0.2, -0.15) is 0 Å². The molecule has 30 heavy (non-hydrogen) atoms. The van der Waals surface area contributed by atoms with Crippen molar-refractivity contribution in [2.75, 3.05) is 13.1 Å². The summed E-state index contributed by atoms with van der Waals surface area (Å²) in [6.45, 7) is 5.29. The highest BCUT2D eigenvalue weighted by molar-refractivity contribution is 5.86. The third-order valence-corrected chi connectivity index (χ3v) is 4.39. The topological polar surface area (TPSA) is 145 Å². The average molecular weight is 430 g/mol. The highest BCUT2D eigenvalue weighted by atomic mass is 16.4. The minimum Gasteiger partial charge on any atom is -0.481 e. The molecule has 0 aromatic heterocycles. The molecule has 5 N–H and O–H groups in total. The first-order valence-corrected chi connectivity index (χ1v) is 10.8. The summed E-state index contributed by atoms with van der Waals surface area (Å²) in [4.78, 5) is 45.3. The number of carboxylic acids is 2. The molecule has 0 saturated heterocycles. The fourth-order valence-electron chi connectivity index (χ4n) is 2.94. The van der Waals surface area contributed by atoms with E-state index in [0.29, 0.717) is 6.42 Å². The molecular weight excluding hydrogens is 390 g/mol. The van der Waals surface area contributed by atoms with E-state index >= 15 is 0 Å². The van der Waals surface area contributed by atoms with Gasteiger partial charge in [-0.05, 0) is 33.6 Å². The van der Waals surface area contributed by atoms with Gasteiger partial charge in [0.05, 0.1) is 0 Å². The number of amides is 2. The second-order valence-corrected chi connectivity index (χ2v) is 8.58. The summed E-state index contributed by atoms with van der Waals surface area (Å²) in [5.41, 5.74) is -0.371. The first-order chi connectivity index (χ1) is 14.0. The number of nitrogens with one attached hydrogen (secondary N) is 3. The molecule has 0 aliphatic rings. The molecule has 9 nitrogen and oxygen atoms in total. The van der Waals surface area contributed by atoms with Crippen LogP contribution in [0.2, 0.25) is 0 Å². The average Bonchev–Trinajstić information content (AvgIpc) is 2.63. The van der Waals surface area contributed by atoms with Gasteiger partial charge in [0, 0.05) is 24.9 Å². The molecule has 0 heterocycles. The molecule has 0 bridgehead atoms. The van der Waals surface area contributed by atoms with Crippen LogP contribution >= 0.6 is 0 Å². The van der Waals surface area contributed by atoms with Crippen LogP contribution in [0.4, 0.5) is 0 Å². The monoisotopic (exact) mass is 429 g/mol. The van der Waals surface area contributed by atoms with Crippen LogP contribution in [-0.4, -0.2) is 58.6 Å². The van der Waals surface area contributed by atoms with E-state index in [4.69, 9.17) is 10.2 Å². The number of aliphatic carboxylic acids is 2. The Balaban J connectivity index is 3.98. The van der Waals surface area contributed by atoms with Crippen LogP contribution in [0, 0.1) is 0 Å². The normalized spacial score (nSPS) is 12.2. The first-order valence-electron chi connectivity index (χ1n) is 10.8. The van der Waals surface area contributed by atoms with E-state index in [2.05, 4.69) is 16.0 Å². The van der Waals surface area contributed by atoms with Gasteiger partial charge >= 0.3 is 11.9 Å². The number of unbranched alkanes of at least 4 members (excludes halogenated alkanes) is 7. The Bertz CT molecular complexity index is 545. The Hall–Kier alpha value is -2.16. The van der Waals surface area contributed by atoms with Crippen LogP contribution < -0.4 is 16.0 Å². The molecule has 0 aromatic carbocycles. The van der Waals surface area contributed by atoms with E-state index in [-0.39, 0.29) is 24.4 Å². The second kappa shape index (κ2) is 15.6. The molecule has 0 radical (unpaired) electrons. The van der Waals surface area contributed by atoms with Crippen LogP contribution in [0.1, 0.15) is 85.0 Å². The Kier molecular flexibility index (Phi) is 14.5. The van der Waals surface area contributed by atoms with E-state index in [0.717, 1.165) is 51.4 Å². The molecule has 174 valence electrons. The maximum absolute atomic E-state index is 12.2. The van der Waals surface area contributed by atoms with Crippen molar-refractivity contribution < 1.29 is 29.4 Å². The zero-order chi connectivity index (χ0) is 23.0. The lowest BCUT2D eigenvalue weighted by Gasteiger charge is -2.28. The lowest BCUT2D eigenvalue weighted by Crippen LogP contribution is -2.56. The SMILES string of the molecule is CC(C)(C)NC(CNC(=O)CCCCCCCCCCC(=O)O)C(=O)NCC(=O)O. The van der Waals surface area contributed by atoms with Crippen molar-refractivity contribution >= 4 is 23.8 Å². The summed E-state index contributed by atoms with van der Waals surface area (Å²) in [6.07, 6.45) is 8.26. The molecule has 0 fully saturated rings. The fourth-order valence-corrected chi connectivity index (χ4v) is 2.94. The van der Waals surface area contributed by atoms with E-state index in [1.807, 2.05) is 20.8 Å². The molecular formula is C21H39N3O6. The minimum atomic E-state index is -1.12. The summed E-state index contributed by atoms with van der Waals surface area (Å²) < 4.78 is 0. The molecule has 0 rings (SSSR count). The highest BCUT2D eigenvalue weighted by Crippen LogP contribution is 2.10. The van der Waals surface area contributed by atoms with Crippen molar-refractivity contribution in [2.45, 2.75) is 96.6 Å². The summed E-state index contributed by atoms with van der Waals surface area (Å²) in [6, 6.07) is -0.713. The summed E-state index contributed by atoms with van der Waals surface area (Å²) in [5, 5.41) is 25.5. The van der Waals surface area contributed by atoms with Crippen molar-refractivity contribution in [1.82, 2.24) is 16.0 Å². The lowest BCUT2D eigenvalue weighted by atomic mass is 10.1. The molecule has 0 aromatic rings. The first kappa shape index (κ1) is 27.8. The third-order valence-electron chi connectivity index (χ3n) is 4.39. The van der Waals surface area contributed by atoms with Crippen molar-refractivity contribution in [1.29, 1.82) is 0 Å². The Labute approximate surface area is 179 Å². The maximum atomic E-state index is 12.2. The van der Waals surface area contributed by atoms with Crippen LogP contribution in [0.3, 0.4) is 0 Å². The van der Waals surface area contributed by atoms with Gasteiger partial charge in [0.25, 0.3) is 0 Å². The summed E-state index contributed by atoms with van der Waals surface area (Å²) >= 11 is 0. The van der Waals surface area contributed by atoms with Crippen molar-refractivity contribution in [3.8, 4) is 0 Å². The van der Waals surface area contributed by atoms with Gasteiger partial charge in [0.2, 0.25) is 11.8 Å². The van der Waals surface area contributed by atoms with Gasteiger partial charge in [-0.1, -0.05) is 38.5 Å². The van der Waals surface area contributed by atoms with Gasteiger partial charge in [-0.25, -0.2) is 0 Å². The van der Waals surface area contributed by atoms with E-state index in [1.165, 1.54) is 0 Å². The van der Waals surface area contributed by atoms with E-state index < -0.39 is 30.4 Å².